The molecule has 3 rings (SSSR count). The largest absolute Gasteiger partial charge is 0.416 e. The van der Waals surface area contributed by atoms with Gasteiger partial charge in [0.1, 0.15) is 0 Å². The molecule has 0 atom stereocenters. The number of aromatic nitrogens is 1. The molecule has 1 aromatic heterocycles. The van der Waals surface area contributed by atoms with Gasteiger partial charge >= 0.3 is 6.18 Å². The van der Waals surface area contributed by atoms with Gasteiger partial charge in [-0.25, -0.2) is 4.98 Å². The molecule has 22 heavy (non-hydrogen) atoms. The van der Waals surface area contributed by atoms with Crippen LogP contribution < -0.4 is 5.32 Å². The maximum atomic E-state index is 12.7. The van der Waals surface area contributed by atoms with Crippen LogP contribution >= 0.6 is 11.3 Å². The number of hydrogen-bond donors (Lipinski definition) is 2. The molecule has 7 heteroatoms. The smallest absolute Gasteiger partial charge is 0.396 e. The Morgan fingerprint density at radius 3 is 2.68 bits per heavy atom. The molecule has 0 saturated heterocycles. The topological polar surface area (TPSA) is 45.1 Å². The van der Waals surface area contributed by atoms with E-state index in [1.807, 2.05) is 0 Å². The molecule has 0 spiro atoms. The van der Waals surface area contributed by atoms with Gasteiger partial charge in [-0.2, -0.15) is 13.2 Å². The van der Waals surface area contributed by atoms with Crippen molar-refractivity contribution in [3.05, 3.63) is 23.8 Å². The predicted molar refractivity (Wildman–Crippen MR) is 81.1 cm³/mol. The SMILES string of the molecule is OCCC1(CNc2nc3cc(C(F)(F)F)ccc3s2)CCC1. The summed E-state index contributed by atoms with van der Waals surface area (Å²) in [5.41, 5.74) is -0.191. The molecule has 120 valence electrons. The summed E-state index contributed by atoms with van der Waals surface area (Å²) >= 11 is 1.36. The van der Waals surface area contributed by atoms with Crippen LogP contribution in [0.3, 0.4) is 0 Å². The summed E-state index contributed by atoms with van der Waals surface area (Å²) < 4.78 is 38.8. The van der Waals surface area contributed by atoms with Crippen molar-refractivity contribution in [3.63, 3.8) is 0 Å². The van der Waals surface area contributed by atoms with E-state index in [9.17, 15) is 13.2 Å². The van der Waals surface area contributed by atoms with E-state index in [0.29, 0.717) is 17.2 Å². The number of rotatable bonds is 5. The minimum Gasteiger partial charge on any atom is -0.396 e. The summed E-state index contributed by atoms with van der Waals surface area (Å²) in [7, 11) is 0. The van der Waals surface area contributed by atoms with Gasteiger partial charge < -0.3 is 10.4 Å². The molecular formula is C15H17F3N2OS. The maximum Gasteiger partial charge on any atom is 0.416 e. The number of alkyl halides is 3. The molecule has 0 amide bonds. The predicted octanol–water partition coefficient (Wildman–Crippen LogP) is 4.28. The van der Waals surface area contributed by atoms with Crippen molar-refractivity contribution in [2.45, 2.75) is 31.9 Å². The van der Waals surface area contributed by atoms with E-state index in [2.05, 4.69) is 10.3 Å². The van der Waals surface area contributed by atoms with Gasteiger partial charge in [0.15, 0.2) is 5.13 Å². The molecule has 1 aromatic carbocycles. The lowest BCUT2D eigenvalue weighted by atomic mass is 9.67. The van der Waals surface area contributed by atoms with Crippen molar-refractivity contribution < 1.29 is 18.3 Å². The molecule has 0 bridgehead atoms. The Morgan fingerprint density at radius 2 is 2.09 bits per heavy atom. The molecule has 1 fully saturated rings. The summed E-state index contributed by atoms with van der Waals surface area (Å²) in [5.74, 6) is 0. The Balaban J connectivity index is 1.75. The first-order chi connectivity index (χ1) is 10.4. The van der Waals surface area contributed by atoms with Crippen molar-refractivity contribution >= 4 is 26.7 Å². The zero-order chi connectivity index (χ0) is 15.8. The van der Waals surface area contributed by atoms with Crippen molar-refractivity contribution in [2.24, 2.45) is 5.41 Å². The number of aliphatic hydroxyl groups is 1. The molecular weight excluding hydrogens is 313 g/mol. The minimum absolute atomic E-state index is 0.115. The number of hydrogen-bond acceptors (Lipinski definition) is 4. The molecule has 1 aliphatic rings. The number of fused-ring (bicyclic) bond motifs is 1. The highest BCUT2D eigenvalue weighted by Crippen LogP contribution is 2.44. The van der Waals surface area contributed by atoms with Crippen molar-refractivity contribution in [1.82, 2.24) is 4.98 Å². The van der Waals surface area contributed by atoms with Crippen LogP contribution in [0.25, 0.3) is 10.2 Å². The Morgan fingerprint density at radius 1 is 1.32 bits per heavy atom. The van der Waals surface area contributed by atoms with E-state index in [-0.39, 0.29) is 12.0 Å². The average Bonchev–Trinajstić information content (AvgIpc) is 2.82. The first-order valence-electron chi connectivity index (χ1n) is 7.24. The lowest BCUT2D eigenvalue weighted by Crippen LogP contribution is -2.37. The maximum absolute atomic E-state index is 12.7. The van der Waals surface area contributed by atoms with Gasteiger partial charge in [-0.05, 0) is 42.9 Å². The Bertz CT molecular complexity index is 664. The van der Waals surface area contributed by atoms with Gasteiger partial charge in [0.2, 0.25) is 0 Å². The van der Waals surface area contributed by atoms with Crippen LogP contribution in [0.4, 0.5) is 18.3 Å². The Labute approximate surface area is 130 Å². The average molecular weight is 330 g/mol. The number of nitrogens with zero attached hydrogens (tertiary/aromatic N) is 1. The van der Waals surface area contributed by atoms with Gasteiger partial charge in [-0.15, -0.1) is 0 Å². The first-order valence-corrected chi connectivity index (χ1v) is 8.06. The fourth-order valence-electron chi connectivity index (χ4n) is 2.87. The van der Waals surface area contributed by atoms with E-state index < -0.39 is 11.7 Å². The monoisotopic (exact) mass is 330 g/mol. The number of anilines is 1. The van der Waals surface area contributed by atoms with Gasteiger partial charge in [0.25, 0.3) is 0 Å². The number of nitrogens with one attached hydrogen (secondary N) is 1. The molecule has 1 saturated carbocycles. The zero-order valence-corrected chi connectivity index (χ0v) is 12.7. The third-order valence-corrected chi connectivity index (χ3v) is 5.38. The van der Waals surface area contributed by atoms with E-state index in [4.69, 9.17) is 5.11 Å². The Kier molecular flexibility index (Phi) is 4.03. The number of benzene rings is 1. The van der Waals surface area contributed by atoms with E-state index in [1.54, 1.807) is 0 Å². The van der Waals surface area contributed by atoms with Gasteiger partial charge in [0.05, 0.1) is 15.8 Å². The fourth-order valence-corrected chi connectivity index (χ4v) is 3.71. The number of aliphatic hydroxyl groups excluding tert-OH is 1. The normalized spacial score (nSPS) is 17.5. The fraction of sp³-hybridized carbons (Fsp3) is 0.533. The van der Waals surface area contributed by atoms with Crippen LogP contribution in [0.15, 0.2) is 18.2 Å². The highest BCUT2D eigenvalue weighted by Gasteiger charge is 2.36. The lowest BCUT2D eigenvalue weighted by molar-refractivity contribution is -0.137. The first kappa shape index (κ1) is 15.6. The second-order valence-electron chi connectivity index (χ2n) is 5.88. The highest BCUT2D eigenvalue weighted by atomic mass is 32.1. The molecule has 0 unspecified atom stereocenters. The van der Waals surface area contributed by atoms with E-state index >= 15 is 0 Å². The van der Waals surface area contributed by atoms with Crippen LogP contribution in [0.2, 0.25) is 0 Å². The van der Waals surface area contributed by atoms with Crippen molar-refractivity contribution in [1.29, 1.82) is 0 Å². The second kappa shape index (κ2) is 5.70. The summed E-state index contributed by atoms with van der Waals surface area (Å²) in [6, 6.07) is 3.64. The Hall–Kier alpha value is -1.34. The molecule has 3 nitrogen and oxygen atoms in total. The molecule has 1 heterocycles. The standard InChI is InChI=1S/C15H17F3N2OS/c16-15(17,18)10-2-3-12-11(8-10)20-13(22-12)19-9-14(6-7-21)4-1-5-14/h2-3,8,21H,1,4-7,9H2,(H,19,20). The van der Waals surface area contributed by atoms with Crippen LogP contribution in [0.5, 0.6) is 0 Å². The minimum atomic E-state index is -4.34. The summed E-state index contributed by atoms with van der Waals surface area (Å²) in [4.78, 5) is 4.25. The van der Waals surface area contributed by atoms with Gasteiger partial charge in [-0.3, -0.25) is 0 Å². The summed E-state index contributed by atoms with van der Waals surface area (Å²) in [6.45, 7) is 0.871. The molecule has 2 aromatic rings. The molecule has 0 aliphatic heterocycles. The van der Waals surface area contributed by atoms with Gasteiger partial charge in [0, 0.05) is 13.2 Å². The number of thiazole rings is 1. The van der Waals surface area contributed by atoms with E-state index in [0.717, 1.165) is 42.5 Å². The zero-order valence-electron chi connectivity index (χ0n) is 11.9. The van der Waals surface area contributed by atoms with Gasteiger partial charge in [-0.1, -0.05) is 17.8 Å². The quantitative estimate of drug-likeness (QED) is 0.860. The van der Waals surface area contributed by atoms with Crippen LogP contribution in [0.1, 0.15) is 31.2 Å². The van der Waals surface area contributed by atoms with Crippen LogP contribution in [0, 0.1) is 5.41 Å². The molecule has 2 N–H and O–H groups in total. The number of halogens is 3. The highest BCUT2D eigenvalue weighted by molar-refractivity contribution is 7.22. The molecule has 0 radical (unpaired) electrons. The van der Waals surface area contributed by atoms with Crippen LogP contribution in [-0.4, -0.2) is 23.2 Å². The van der Waals surface area contributed by atoms with Crippen LogP contribution in [-0.2, 0) is 6.18 Å². The third kappa shape index (κ3) is 3.05. The third-order valence-electron chi connectivity index (χ3n) is 4.39. The van der Waals surface area contributed by atoms with E-state index in [1.165, 1.54) is 17.4 Å². The summed E-state index contributed by atoms with van der Waals surface area (Å²) in [5, 5.41) is 13.0. The summed E-state index contributed by atoms with van der Waals surface area (Å²) in [6.07, 6.45) is -0.282. The second-order valence-corrected chi connectivity index (χ2v) is 6.91. The molecule has 1 aliphatic carbocycles. The van der Waals surface area contributed by atoms with Crippen molar-refractivity contribution in [3.8, 4) is 0 Å². The lowest BCUT2D eigenvalue weighted by Gasteiger charge is -2.41. The van der Waals surface area contributed by atoms with Crippen molar-refractivity contribution in [2.75, 3.05) is 18.5 Å².